The zero-order chi connectivity index (χ0) is 17.0. The van der Waals surface area contributed by atoms with Gasteiger partial charge in [0, 0.05) is 36.0 Å². The molecule has 0 bridgehead atoms. The fraction of sp³-hybridized carbons (Fsp3) is 0.353. The van der Waals surface area contributed by atoms with E-state index in [0.717, 1.165) is 6.29 Å². The lowest BCUT2D eigenvalue weighted by Crippen LogP contribution is -2.18. The molecule has 0 spiro atoms. The van der Waals surface area contributed by atoms with Crippen LogP contribution in [0, 0.1) is 12.7 Å². The highest BCUT2D eigenvalue weighted by Gasteiger charge is 2.18. The Balaban J connectivity index is 2.42. The van der Waals surface area contributed by atoms with Gasteiger partial charge >= 0.3 is 0 Å². The van der Waals surface area contributed by atoms with E-state index < -0.39 is 18.3 Å². The SMILES string of the molecule is CNC(=O)CCC(C=O)c1cc2ccc(CO)c(F)c2nc1C. The first-order valence-electron chi connectivity index (χ1n) is 7.37. The average Bonchev–Trinajstić information content (AvgIpc) is 2.56. The number of carbonyl (C=O) groups is 2. The maximum absolute atomic E-state index is 14.2. The van der Waals surface area contributed by atoms with Crippen LogP contribution in [0.1, 0.15) is 35.6 Å². The lowest BCUT2D eigenvalue weighted by atomic mass is 9.93. The first kappa shape index (κ1) is 17.0. The van der Waals surface area contributed by atoms with Crippen LogP contribution >= 0.6 is 0 Å². The minimum absolute atomic E-state index is 0.137. The molecule has 5 nitrogen and oxygen atoms in total. The highest BCUT2D eigenvalue weighted by molar-refractivity contribution is 5.82. The van der Waals surface area contributed by atoms with Gasteiger partial charge in [0.2, 0.25) is 5.91 Å². The summed E-state index contributed by atoms with van der Waals surface area (Å²) >= 11 is 0. The van der Waals surface area contributed by atoms with Crippen molar-refractivity contribution in [3.05, 3.63) is 40.8 Å². The predicted octanol–water partition coefficient (Wildman–Crippen LogP) is 1.98. The molecule has 1 atom stereocenters. The molecule has 0 saturated heterocycles. The number of amides is 1. The summed E-state index contributed by atoms with van der Waals surface area (Å²) < 4.78 is 14.2. The van der Waals surface area contributed by atoms with E-state index in [1.165, 1.54) is 6.07 Å². The zero-order valence-corrected chi connectivity index (χ0v) is 13.1. The number of fused-ring (bicyclic) bond motifs is 1. The minimum Gasteiger partial charge on any atom is -0.392 e. The fourth-order valence-corrected chi connectivity index (χ4v) is 2.56. The van der Waals surface area contributed by atoms with Crippen LogP contribution in [-0.4, -0.2) is 29.3 Å². The van der Waals surface area contributed by atoms with Crippen molar-refractivity contribution in [2.75, 3.05) is 7.05 Å². The molecule has 122 valence electrons. The lowest BCUT2D eigenvalue weighted by Gasteiger charge is -2.14. The molecule has 1 amide bonds. The number of halogens is 1. The van der Waals surface area contributed by atoms with Crippen LogP contribution in [-0.2, 0) is 16.2 Å². The smallest absolute Gasteiger partial charge is 0.219 e. The van der Waals surface area contributed by atoms with Gasteiger partial charge < -0.3 is 15.2 Å². The molecule has 1 aromatic heterocycles. The number of pyridine rings is 1. The number of carbonyl (C=O) groups excluding carboxylic acids is 2. The van der Waals surface area contributed by atoms with Gasteiger partial charge in [-0.3, -0.25) is 4.79 Å². The Labute approximate surface area is 133 Å². The van der Waals surface area contributed by atoms with Crippen molar-refractivity contribution in [2.45, 2.75) is 32.3 Å². The van der Waals surface area contributed by atoms with Gasteiger partial charge in [-0.05, 0) is 25.0 Å². The van der Waals surface area contributed by atoms with Gasteiger partial charge in [0.1, 0.15) is 11.8 Å². The number of rotatable bonds is 6. The lowest BCUT2D eigenvalue weighted by molar-refractivity contribution is -0.120. The topological polar surface area (TPSA) is 79.3 Å². The molecular weight excluding hydrogens is 299 g/mol. The number of benzene rings is 1. The number of nitrogens with zero attached hydrogens (tertiary/aromatic N) is 1. The molecule has 23 heavy (non-hydrogen) atoms. The van der Waals surface area contributed by atoms with E-state index in [-0.39, 0.29) is 23.4 Å². The van der Waals surface area contributed by atoms with Crippen LogP contribution in [0.2, 0.25) is 0 Å². The number of hydrogen-bond donors (Lipinski definition) is 2. The van der Waals surface area contributed by atoms with Crippen molar-refractivity contribution in [3.8, 4) is 0 Å². The fourth-order valence-electron chi connectivity index (χ4n) is 2.56. The van der Waals surface area contributed by atoms with E-state index in [1.54, 1.807) is 26.1 Å². The third-order valence-electron chi connectivity index (χ3n) is 3.93. The molecule has 0 aliphatic carbocycles. The Bertz CT molecular complexity index is 746. The second-order valence-electron chi connectivity index (χ2n) is 5.39. The number of nitrogens with one attached hydrogen (secondary N) is 1. The van der Waals surface area contributed by atoms with Gasteiger partial charge in [0.15, 0.2) is 5.82 Å². The Morgan fingerprint density at radius 2 is 2.22 bits per heavy atom. The third-order valence-corrected chi connectivity index (χ3v) is 3.93. The van der Waals surface area contributed by atoms with Crippen molar-refractivity contribution in [2.24, 2.45) is 0 Å². The second kappa shape index (κ2) is 7.28. The maximum Gasteiger partial charge on any atom is 0.219 e. The molecular formula is C17H19FN2O3. The van der Waals surface area contributed by atoms with E-state index in [2.05, 4.69) is 10.3 Å². The summed E-state index contributed by atoms with van der Waals surface area (Å²) in [6, 6.07) is 4.89. The van der Waals surface area contributed by atoms with Gasteiger partial charge in [-0.15, -0.1) is 0 Å². The van der Waals surface area contributed by atoms with E-state index in [4.69, 9.17) is 5.11 Å². The molecule has 0 aliphatic heterocycles. The molecule has 2 rings (SSSR count). The van der Waals surface area contributed by atoms with Crippen molar-refractivity contribution >= 4 is 23.1 Å². The number of aryl methyl sites for hydroxylation is 1. The number of aromatic nitrogens is 1. The predicted molar refractivity (Wildman–Crippen MR) is 84.5 cm³/mol. The number of hydrogen-bond acceptors (Lipinski definition) is 4. The third kappa shape index (κ3) is 3.53. The van der Waals surface area contributed by atoms with Gasteiger partial charge in [-0.2, -0.15) is 0 Å². The molecule has 2 N–H and O–H groups in total. The summed E-state index contributed by atoms with van der Waals surface area (Å²) in [5.41, 5.74) is 1.59. The first-order valence-corrected chi connectivity index (χ1v) is 7.37. The summed E-state index contributed by atoms with van der Waals surface area (Å²) in [6.07, 6.45) is 1.39. The number of aliphatic hydroxyl groups excluding tert-OH is 1. The Kier molecular flexibility index (Phi) is 5.39. The quantitative estimate of drug-likeness (QED) is 0.798. The normalized spacial score (nSPS) is 12.2. The minimum atomic E-state index is -0.548. The van der Waals surface area contributed by atoms with Crippen LogP contribution < -0.4 is 5.32 Å². The standard InChI is InChI=1S/C17H19FN2O3/c1-10-14(12(8-21)5-6-15(23)19-2)7-11-3-4-13(9-22)16(18)17(11)20-10/h3-4,7-8,12,22H,5-6,9H2,1-2H3,(H,19,23). The van der Waals surface area contributed by atoms with E-state index in [0.29, 0.717) is 23.1 Å². The van der Waals surface area contributed by atoms with Crippen LogP contribution in [0.3, 0.4) is 0 Å². The molecule has 2 aromatic rings. The van der Waals surface area contributed by atoms with E-state index in [1.807, 2.05) is 0 Å². The van der Waals surface area contributed by atoms with E-state index >= 15 is 0 Å². The van der Waals surface area contributed by atoms with Crippen LogP contribution in [0.15, 0.2) is 18.2 Å². The molecule has 1 aromatic carbocycles. The monoisotopic (exact) mass is 318 g/mol. The number of aldehydes is 1. The Morgan fingerprint density at radius 3 is 2.83 bits per heavy atom. The summed E-state index contributed by atoms with van der Waals surface area (Å²) in [5.74, 6) is -1.15. The Morgan fingerprint density at radius 1 is 1.48 bits per heavy atom. The van der Waals surface area contributed by atoms with Crippen LogP contribution in [0.5, 0.6) is 0 Å². The molecule has 6 heteroatoms. The molecule has 1 unspecified atom stereocenters. The molecule has 0 fully saturated rings. The van der Waals surface area contributed by atoms with Crippen molar-refractivity contribution in [3.63, 3.8) is 0 Å². The van der Waals surface area contributed by atoms with E-state index in [9.17, 15) is 14.0 Å². The Hall–Kier alpha value is -2.34. The zero-order valence-electron chi connectivity index (χ0n) is 13.1. The van der Waals surface area contributed by atoms with Gasteiger partial charge in [0.05, 0.1) is 6.61 Å². The first-order chi connectivity index (χ1) is 11.0. The average molecular weight is 318 g/mol. The highest BCUT2D eigenvalue weighted by Crippen LogP contribution is 2.27. The summed E-state index contributed by atoms with van der Waals surface area (Å²) in [4.78, 5) is 27.0. The van der Waals surface area contributed by atoms with Gasteiger partial charge in [-0.1, -0.05) is 12.1 Å². The number of aliphatic hydroxyl groups is 1. The largest absolute Gasteiger partial charge is 0.392 e. The van der Waals surface area contributed by atoms with Gasteiger partial charge in [0.25, 0.3) is 0 Å². The summed E-state index contributed by atoms with van der Waals surface area (Å²) in [5, 5.41) is 12.2. The molecule has 0 aliphatic rings. The van der Waals surface area contributed by atoms with Crippen LogP contribution in [0.25, 0.3) is 10.9 Å². The molecule has 0 saturated carbocycles. The van der Waals surface area contributed by atoms with Crippen LogP contribution in [0.4, 0.5) is 4.39 Å². The van der Waals surface area contributed by atoms with Gasteiger partial charge in [-0.25, -0.2) is 9.37 Å². The highest BCUT2D eigenvalue weighted by atomic mass is 19.1. The second-order valence-corrected chi connectivity index (χ2v) is 5.39. The molecule has 1 heterocycles. The van der Waals surface area contributed by atoms with Crippen molar-refractivity contribution in [1.82, 2.24) is 10.3 Å². The summed E-state index contributed by atoms with van der Waals surface area (Å²) in [6.45, 7) is 1.31. The van der Waals surface area contributed by atoms with Crippen molar-refractivity contribution in [1.29, 1.82) is 0 Å². The molecule has 0 radical (unpaired) electrons. The van der Waals surface area contributed by atoms with Crippen molar-refractivity contribution < 1.29 is 19.1 Å². The maximum atomic E-state index is 14.2. The summed E-state index contributed by atoms with van der Waals surface area (Å²) in [7, 11) is 1.54.